The molecule has 1 rings (SSSR count). The van der Waals surface area contributed by atoms with E-state index in [-0.39, 0.29) is 0 Å². The molecule has 0 heterocycles. The molecule has 0 aliphatic heterocycles. The highest BCUT2D eigenvalue weighted by Gasteiger charge is 2.25. The van der Waals surface area contributed by atoms with Crippen molar-refractivity contribution < 1.29 is 0 Å². The van der Waals surface area contributed by atoms with Crippen molar-refractivity contribution in [3.8, 4) is 0 Å². The van der Waals surface area contributed by atoms with Gasteiger partial charge in [0, 0.05) is 6.24 Å². The van der Waals surface area contributed by atoms with E-state index in [4.69, 9.17) is 11.2 Å². The summed E-state index contributed by atoms with van der Waals surface area (Å²) in [5, 5.41) is 1.33. The highest BCUT2D eigenvalue weighted by atomic mass is 35.7. The van der Waals surface area contributed by atoms with Crippen molar-refractivity contribution >= 4 is 36.3 Å². The Morgan fingerprint density at radius 2 is 1.62 bits per heavy atom. The normalized spacial score (nSPS) is 15.9. The van der Waals surface area contributed by atoms with Crippen LogP contribution in [-0.2, 0) is 0 Å². The van der Waals surface area contributed by atoms with Crippen molar-refractivity contribution in [1.82, 2.24) is 0 Å². The molecule has 0 aliphatic carbocycles. The molecule has 0 N–H and O–H groups in total. The summed E-state index contributed by atoms with van der Waals surface area (Å²) >= 11 is 6.97. The Hall–Kier alpha value is 0.0269. The minimum Gasteiger partial charge on any atom is -0.0932 e. The van der Waals surface area contributed by atoms with Crippen molar-refractivity contribution in [2.75, 3.05) is 0 Å². The smallest absolute Gasteiger partial charge is 0.0706 e. The first-order valence-electron chi connectivity index (χ1n) is 5.76. The van der Waals surface area contributed by atoms with Gasteiger partial charge in [0.15, 0.2) is 0 Å². The summed E-state index contributed by atoms with van der Waals surface area (Å²) in [6, 6.07) is 10.6. The fourth-order valence-electron chi connectivity index (χ4n) is 1.74. The summed E-state index contributed by atoms with van der Waals surface area (Å²) in [6.45, 7) is 11.6. The van der Waals surface area contributed by atoms with E-state index >= 15 is 0 Å². The molecule has 0 aliphatic rings. The van der Waals surface area contributed by atoms with Gasteiger partial charge in [0.2, 0.25) is 0 Å². The van der Waals surface area contributed by atoms with Gasteiger partial charge in [-0.15, -0.1) is 0 Å². The van der Waals surface area contributed by atoms with Crippen molar-refractivity contribution in [2.24, 2.45) is 0 Å². The predicted octanol–water partition coefficient (Wildman–Crippen LogP) is 4.57. The van der Waals surface area contributed by atoms with Crippen LogP contribution in [0.4, 0.5) is 0 Å². The molecule has 3 heteroatoms. The van der Waals surface area contributed by atoms with Crippen LogP contribution < -0.4 is 5.30 Å². The van der Waals surface area contributed by atoms with Gasteiger partial charge < -0.3 is 0 Å². The van der Waals surface area contributed by atoms with Crippen LogP contribution in [0.15, 0.2) is 30.3 Å². The lowest BCUT2D eigenvalue weighted by Gasteiger charge is -2.27. The first-order valence-corrected chi connectivity index (χ1v) is 12.2. The molecule has 1 atom stereocenters. The molecule has 0 saturated carbocycles. The molecule has 1 aromatic rings. The number of halogens is 1. The maximum absolute atomic E-state index is 6.97. The van der Waals surface area contributed by atoms with Crippen molar-refractivity contribution in [3.63, 3.8) is 0 Å². The second-order valence-electron chi connectivity index (χ2n) is 5.61. The first-order chi connectivity index (χ1) is 7.26. The summed E-state index contributed by atoms with van der Waals surface area (Å²) in [6.07, 6.45) is -1.61. The summed E-state index contributed by atoms with van der Waals surface area (Å²) < 4.78 is 0. The van der Waals surface area contributed by atoms with Crippen LogP contribution in [0.3, 0.4) is 0 Å². The van der Waals surface area contributed by atoms with Crippen LogP contribution >= 0.6 is 17.5 Å². The Bertz CT molecular complexity index is 390. The van der Waals surface area contributed by atoms with E-state index in [1.54, 1.807) is 0 Å². The Kier molecular flexibility index (Phi) is 4.51. The molecule has 0 nitrogen and oxygen atoms in total. The van der Waals surface area contributed by atoms with E-state index in [9.17, 15) is 0 Å². The number of hydrogen-bond donors (Lipinski definition) is 0. The van der Waals surface area contributed by atoms with Crippen LogP contribution in [0.1, 0.15) is 13.8 Å². The number of hydrogen-bond acceptors (Lipinski definition) is 0. The van der Waals surface area contributed by atoms with Gasteiger partial charge in [0.05, 0.1) is 8.07 Å². The quantitative estimate of drug-likeness (QED) is 0.558. The van der Waals surface area contributed by atoms with E-state index in [0.717, 1.165) is 0 Å². The molecule has 90 valence electrons. The van der Waals surface area contributed by atoms with Crippen LogP contribution in [0.25, 0.3) is 0 Å². The molecule has 0 radical (unpaired) electrons. The highest BCUT2D eigenvalue weighted by Crippen LogP contribution is 2.56. The number of benzene rings is 1. The molecule has 0 saturated heterocycles. The molecule has 0 bridgehead atoms. The van der Waals surface area contributed by atoms with Crippen molar-refractivity contribution in [1.29, 1.82) is 0 Å². The maximum Gasteiger partial charge on any atom is 0.0706 e. The zero-order valence-corrected chi connectivity index (χ0v) is 13.5. The van der Waals surface area contributed by atoms with Crippen LogP contribution in [0.2, 0.25) is 19.6 Å². The molecule has 16 heavy (non-hydrogen) atoms. The van der Waals surface area contributed by atoms with E-state index in [2.05, 4.69) is 69.2 Å². The van der Waals surface area contributed by atoms with Crippen LogP contribution in [-0.4, -0.2) is 19.2 Å². The summed E-state index contributed by atoms with van der Waals surface area (Å²) in [7, 11) is -1.25. The van der Waals surface area contributed by atoms with Gasteiger partial charge in [-0.3, -0.25) is 0 Å². The Balaban J connectivity index is 3.35. The predicted molar refractivity (Wildman–Crippen MR) is 83.4 cm³/mol. The molecule has 0 amide bonds. The fraction of sp³-hybridized carbons (Fsp3) is 0.462. The van der Waals surface area contributed by atoms with Gasteiger partial charge in [-0.2, -0.15) is 0 Å². The topological polar surface area (TPSA) is 0 Å². The number of rotatable bonds is 3. The fourth-order valence-corrected chi connectivity index (χ4v) is 12.2. The monoisotopic (exact) mass is 272 g/mol. The third-order valence-corrected chi connectivity index (χ3v) is 12.3. The standard InChI is InChI=1S/C13H22ClPSi/c1-12(2)15(14,11-16(3,4)5)13-9-7-6-8-10-13/h6-12H,1-5H3. The minimum atomic E-state index is -1.61. The van der Waals surface area contributed by atoms with E-state index < -0.39 is 14.3 Å². The molecule has 1 unspecified atom stereocenters. The van der Waals surface area contributed by atoms with Gasteiger partial charge >= 0.3 is 0 Å². The lowest BCUT2D eigenvalue weighted by molar-refractivity contribution is 1.10. The molecule has 1 aromatic carbocycles. The van der Waals surface area contributed by atoms with E-state index in [1.165, 1.54) is 5.30 Å². The summed E-state index contributed by atoms with van der Waals surface area (Å²) in [5.74, 6) is 0. The van der Waals surface area contributed by atoms with Gasteiger partial charge in [-0.1, -0.05) is 80.5 Å². The average Bonchev–Trinajstić information content (AvgIpc) is 2.16. The lowest BCUT2D eigenvalue weighted by Crippen LogP contribution is -2.26. The maximum atomic E-state index is 6.97. The van der Waals surface area contributed by atoms with E-state index in [0.29, 0.717) is 5.66 Å². The molecular formula is C13H22ClPSi. The Labute approximate surface area is 106 Å². The molecule has 0 aromatic heterocycles. The summed E-state index contributed by atoms with van der Waals surface area (Å²) in [5.41, 5.74) is 3.02. The Morgan fingerprint density at radius 1 is 1.12 bits per heavy atom. The third kappa shape index (κ3) is 3.51. The first kappa shape index (κ1) is 14.1. The molecular weight excluding hydrogens is 251 g/mol. The third-order valence-electron chi connectivity index (χ3n) is 2.48. The van der Waals surface area contributed by atoms with Gasteiger partial charge in [-0.25, -0.2) is 0 Å². The van der Waals surface area contributed by atoms with E-state index in [1.807, 2.05) is 0 Å². The zero-order valence-electron chi connectivity index (χ0n) is 10.9. The average molecular weight is 273 g/mol. The molecule has 0 spiro atoms. The summed E-state index contributed by atoms with van der Waals surface area (Å²) in [4.78, 5) is 0. The van der Waals surface area contributed by atoms with Crippen LogP contribution in [0, 0.1) is 0 Å². The van der Waals surface area contributed by atoms with Gasteiger partial charge in [0.1, 0.15) is 0 Å². The van der Waals surface area contributed by atoms with Gasteiger partial charge in [-0.05, 0) is 11.0 Å². The lowest BCUT2D eigenvalue weighted by atomic mass is 10.4. The molecule has 0 fully saturated rings. The zero-order chi connectivity index (χ0) is 12.4. The van der Waals surface area contributed by atoms with Crippen molar-refractivity contribution in [2.45, 2.75) is 39.1 Å². The minimum absolute atomic E-state index is 0.517. The Morgan fingerprint density at radius 3 is 2.00 bits per heavy atom. The second-order valence-corrected chi connectivity index (χ2v) is 16.0. The van der Waals surface area contributed by atoms with Gasteiger partial charge in [0.25, 0.3) is 0 Å². The second kappa shape index (κ2) is 5.12. The highest BCUT2D eigenvalue weighted by molar-refractivity contribution is 8.05. The largest absolute Gasteiger partial charge is 0.0932 e. The van der Waals surface area contributed by atoms with Crippen molar-refractivity contribution in [3.05, 3.63) is 30.3 Å². The van der Waals surface area contributed by atoms with Crippen LogP contribution in [0.5, 0.6) is 0 Å². The SMILES string of the molecule is CC(C)P(Cl)(=C[Si](C)(C)C)c1ccccc1.